The minimum atomic E-state index is 0.0385. The lowest BCUT2D eigenvalue weighted by Crippen LogP contribution is -2.32. The predicted octanol–water partition coefficient (Wildman–Crippen LogP) is 3.05. The average Bonchev–Trinajstić information content (AvgIpc) is 2.38. The summed E-state index contributed by atoms with van der Waals surface area (Å²) in [6.07, 6.45) is 2.01. The van der Waals surface area contributed by atoms with E-state index in [2.05, 4.69) is 0 Å². The second kappa shape index (κ2) is 7.31. The molecule has 1 atom stereocenters. The Morgan fingerprint density at radius 2 is 2.00 bits per heavy atom. The largest absolute Gasteiger partial charge is 0.494 e. The minimum absolute atomic E-state index is 0.0385. The molecule has 0 heterocycles. The van der Waals surface area contributed by atoms with Crippen molar-refractivity contribution in [3.8, 4) is 5.75 Å². The maximum absolute atomic E-state index is 12.1. The van der Waals surface area contributed by atoms with Crippen LogP contribution in [-0.4, -0.2) is 31.6 Å². The van der Waals surface area contributed by atoms with E-state index in [1.165, 1.54) is 0 Å². The molecular weight excluding hydrogens is 246 g/mol. The van der Waals surface area contributed by atoms with Gasteiger partial charge < -0.3 is 9.64 Å². The number of carbonyl (C=O) groups is 1. The van der Waals surface area contributed by atoms with Crippen molar-refractivity contribution in [3.63, 3.8) is 0 Å². The van der Waals surface area contributed by atoms with E-state index in [-0.39, 0.29) is 11.8 Å². The standard InChI is InChI=1S/C14H21NO2S/c1-5-17-13-8-6-12(7-9-13)15(3)14(16)11(2)10-18-4/h6-9,11H,5,10H2,1-4H3. The lowest BCUT2D eigenvalue weighted by molar-refractivity contribution is -0.120. The van der Waals surface area contributed by atoms with Crippen LogP contribution < -0.4 is 9.64 Å². The summed E-state index contributed by atoms with van der Waals surface area (Å²) in [7, 11) is 1.81. The van der Waals surface area contributed by atoms with E-state index in [1.54, 1.807) is 16.7 Å². The summed E-state index contributed by atoms with van der Waals surface area (Å²) in [5.74, 6) is 1.87. The van der Waals surface area contributed by atoms with Crippen molar-refractivity contribution >= 4 is 23.4 Å². The highest BCUT2D eigenvalue weighted by Crippen LogP contribution is 2.20. The van der Waals surface area contributed by atoms with Gasteiger partial charge in [-0.25, -0.2) is 0 Å². The summed E-state index contributed by atoms with van der Waals surface area (Å²) in [5.41, 5.74) is 0.899. The molecular formula is C14H21NO2S. The van der Waals surface area contributed by atoms with Crippen LogP contribution >= 0.6 is 11.8 Å². The third-order valence-electron chi connectivity index (χ3n) is 2.70. The van der Waals surface area contributed by atoms with Crippen molar-refractivity contribution in [1.29, 1.82) is 0 Å². The molecule has 0 aromatic heterocycles. The third-order valence-corrected chi connectivity index (χ3v) is 3.54. The molecule has 1 amide bonds. The first-order chi connectivity index (χ1) is 8.60. The maximum atomic E-state index is 12.1. The molecule has 0 saturated carbocycles. The summed E-state index contributed by atoms with van der Waals surface area (Å²) in [6, 6.07) is 7.60. The SMILES string of the molecule is CCOc1ccc(N(C)C(=O)C(C)CSC)cc1. The number of benzene rings is 1. The van der Waals surface area contributed by atoms with E-state index in [9.17, 15) is 4.79 Å². The second-order valence-corrected chi connectivity index (χ2v) is 5.09. The molecule has 0 N–H and O–H groups in total. The fourth-order valence-electron chi connectivity index (χ4n) is 1.71. The Hall–Kier alpha value is -1.16. The van der Waals surface area contributed by atoms with Gasteiger partial charge >= 0.3 is 0 Å². The average molecular weight is 267 g/mol. The summed E-state index contributed by atoms with van der Waals surface area (Å²) >= 11 is 1.69. The first kappa shape index (κ1) is 14.9. The highest BCUT2D eigenvalue weighted by Gasteiger charge is 2.18. The van der Waals surface area contributed by atoms with E-state index < -0.39 is 0 Å². The number of nitrogens with zero attached hydrogens (tertiary/aromatic N) is 1. The van der Waals surface area contributed by atoms with E-state index in [1.807, 2.05) is 51.4 Å². The Labute approximate surface area is 114 Å². The van der Waals surface area contributed by atoms with Crippen LogP contribution in [0, 0.1) is 5.92 Å². The van der Waals surface area contributed by atoms with E-state index >= 15 is 0 Å². The zero-order valence-electron chi connectivity index (χ0n) is 11.5. The Kier molecular flexibility index (Phi) is 6.05. The van der Waals surface area contributed by atoms with Crippen LogP contribution in [0.4, 0.5) is 5.69 Å². The molecule has 0 radical (unpaired) electrons. The van der Waals surface area contributed by atoms with Crippen LogP contribution in [0.5, 0.6) is 5.75 Å². The molecule has 3 nitrogen and oxygen atoms in total. The zero-order chi connectivity index (χ0) is 13.5. The van der Waals surface area contributed by atoms with Crippen LogP contribution in [0.1, 0.15) is 13.8 Å². The number of hydrogen-bond donors (Lipinski definition) is 0. The van der Waals surface area contributed by atoms with E-state index in [4.69, 9.17) is 4.74 Å². The van der Waals surface area contributed by atoms with Crippen LogP contribution in [0.2, 0.25) is 0 Å². The zero-order valence-corrected chi connectivity index (χ0v) is 12.3. The molecule has 0 saturated heterocycles. The van der Waals surface area contributed by atoms with Gasteiger partial charge in [-0.2, -0.15) is 11.8 Å². The Morgan fingerprint density at radius 1 is 1.39 bits per heavy atom. The van der Waals surface area contributed by atoms with E-state index in [0.717, 1.165) is 17.2 Å². The van der Waals surface area contributed by atoms with Gasteiger partial charge in [0.05, 0.1) is 6.61 Å². The highest BCUT2D eigenvalue weighted by molar-refractivity contribution is 7.98. The lowest BCUT2D eigenvalue weighted by Gasteiger charge is -2.21. The number of amides is 1. The summed E-state index contributed by atoms with van der Waals surface area (Å²) in [5, 5.41) is 0. The number of carbonyl (C=O) groups excluding carboxylic acids is 1. The number of rotatable bonds is 6. The molecule has 1 rings (SSSR count). The Balaban J connectivity index is 2.71. The quantitative estimate of drug-likeness (QED) is 0.793. The van der Waals surface area contributed by atoms with Gasteiger partial charge in [0, 0.05) is 24.4 Å². The molecule has 0 aliphatic heterocycles. The topological polar surface area (TPSA) is 29.5 Å². The molecule has 0 spiro atoms. The molecule has 0 bridgehead atoms. The molecule has 0 fully saturated rings. The van der Waals surface area contributed by atoms with Crippen molar-refractivity contribution in [3.05, 3.63) is 24.3 Å². The van der Waals surface area contributed by atoms with Gasteiger partial charge in [0.1, 0.15) is 5.75 Å². The predicted molar refractivity (Wildman–Crippen MR) is 78.6 cm³/mol. The minimum Gasteiger partial charge on any atom is -0.494 e. The first-order valence-corrected chi connectivity index (χ1v) is 7.48. The smallest absolute Gasteiger partial charge is 0.230 e. The van der Waals surface area contributed by atoms with Crippen molar-refractivity contribution in [2.75, 3.05) is 30.6 Å². The monoisotopic (exact) mass is 267 g/mol. The van der Waals surface area contributed by atoms with Crippen LogP contribution in [0.15, 0.2) is 24.3 Å². The second-order valence-electron chi connectivity index (χ2n) is 4.18. The van der Waals surface area contributed by atoms with Gasteiger partial charge in [0.2, 0.25) is 5.91 Å². The fraction of sp³-hybridized carbons (Fsp3) is 0.500. The van der Waals surface area contributed by atoms with Gasteiger partial charge in [-0.1, -0.05) is 6.92 Å². The van der Waals surface area contributed by atoms with Gasteiger partial charge in [-0.05, 0) is 37.4 Å². The Morgan fingerprint density at radius 3 is 2.50 bits per heavy atom. The van der Waals surface area contributed by atoms with Crippen molar-refractivity contribution in [1.82, 2.24) is 0 Å². The Bertz CT molecular complexity index is 378. The number of hydrogen-bond acceptors (Lipinski definition) is 3. The number of thioether (sulfide) groups is 1. The third kappa shape index (κ3) is 3.95. The molecule has 100 valence electrons. The molecule has 4 heteroatoms. The summed E-state index contributed by atoms with van der Waals surface area (Å²) in [4.78, 5) is 13.8. The highest BCUT2D eigenvalue weighted by atomic mass is 32.2. The van der Waals surface area contributed by atoms with Crippen LogP contribution in [-0.2, 0) is 4.79 Å². The van der Waals surface area contributed by atoms with Crippen LogP contribution in [0.3, 0.4) is 0 Å². The maximum Gasteiger partial charge on any atom is 0.230 e. The molecule has 1 aromatic rings. The van der Waals surface area contributed by atoms with Gasteiger partial charge in [0.25, 0.3) is 0 Å². The molecule has 18 heavy (non-hydrogen) atoms. The van der Waals surface area contributed by atoms with Gasteiger partial charge in [-0.15, -0.1) is 0 Å². The molecule has 1 aromatic carbocycles. The summed E-state index contributed by atoms with van der Waals surface area (Å²) in [6.45, 7) is 4.57. The van der Waals surface area contributed by atoms with E-state index in [0.29, 0.717) is 6.61 Å². The van der Waals surface area contributed by atoms with Crippen molar-refractivity contribution in [2.45, 2.75) is 13.8 Å². The molecule has 0 aliphatic carbocycles. The number of anilines is 1. The van der Waals surface area contributed by atoms with Crippen molar-refractivity contribution < 1.29 is 9.53 Å². The summed E-state index contributed by atoms with van der Waals surface area (Å²) < 4.78 is 5.38. The lowest BCUT2D eigenvalue weighted by atomic mass is 10.1. The fourth-order valence-corrected chi connectivity index (χ4v) is 2.35. The number of ether oxygens (including phenoxy) is 1. The normalized spacial score (nSPS) is 12.0. The molecule has 1 unspecified atom stereocenters. The van der Waals surface area contributed by atoms with Crippen molar-refractivity contribution in [2.24, 2.45) is 5.92 Å². The van der Waals surface area contributed by atoms with Crippen LogP contribution in [0.25, 0.3) is 0 Å². The van der Waals surface area contributed by atoms with Gasteiger partial charge in [0.15, 0.2) is 0 Å². The van der Waals surface area contributed by atoms with Gasteiger partial charge in [-0.3, -0.25) is 4.79 Å². The first-order valence-electron chi connectivity index (χ1n) is 6.09. The molecule has 0 aliphatic rings.